The molecule has 1 aliphatic rings. The second-order valence-corrected chi connectivity index (χ2v) is 8.97. The first kappa shape index (κ1) is 22.6. The van der Waals surface area contributed by atoms with Crippen LogP contribution in [0.2, 0.25) is 0 Å². The Morgan fingerprint density at radius 2 is 1.81 bits per heavy atom. The monoisotopic (exact) mass is 499 g/mol. The van der Waals surface area contributed by atoms with E-state index in [9.17, 15) is 9.59 Å². The summed E-state index contributed by atoms with van der Waals surface area (Å²) >= 11 is 3.43. The van der Waals surface area contributed by atoms with E-state index >= 15 is 0 Å². The quantitative estimate of drug-likeness (QED) is 0.515. The SMILES string of the molecule is CC[NH+](CC)CCCN1C(=O)c2oc3ccc(Br)cc3c(=O)c2[C@H]1c1ccc(OC)cc1. The van der Waals surface area contributed by atoms with E-state index in [1.54, 1.807) is 24.1 Å². The molecule has 1 N–H and O–H groups in total. The van der Waals surface area contributed by atoms with E-state index in [4.69, 9.17) is 9.15 Å². The molecule has 1 atom stereocenters. The molecular weight excluding hydrogens is 472 g/mol. The van der Waals surface area contributed by atoms with Gasteiger partial charge in [-0.2, -0.15) is 0 Å². The van der Waals surface area contributed by atoms with Crippen LogP contribution in [0.5, 0.6) is 5.75 Å². The highest BCUT2D eigenvalue weighted by Crippen LogP contribution is 2.38. The number of rotatable bonds is 8. The van der Waals surface area contributed by atoms with Crippen LogP contribution in [0.4, 0.5) is 0 Å². The van der Waals surface area contributed by atoms with Gasteiger partial charge in [-0.25, -0.2) is 0 Å². The molecule has 7 heteroatoms. The third-order valence-corrected chi connectivity index (χ3v) is 6.78. The fourth-order valence-corrected chi connectivity index (χ4v) is 4.82. The molecule has 3 aromatic rings. The molecule has 4 rings (SSSR count). The average Bonchev–Trinajstić information content (AvgIpc) is 3.09. The van der Waals surface area contributed by atoms with Gasteiger partial charge in [-0.3, -0.25) is 9.59 Å². The van der Waals surface area contributed by atoms with Crippen molar-refractivity contribution < 1.29 is 18.8 Å². The molecule has 0 bridgehead atoms. The van der Waals surface area contributed by atoms with Gasteiger partial charge in [-0.1, -0.05) is 28.1 Å². The first-order valence-corrected chi connectivity index (χ1v) is 11.8. The number of ether oxygens (including phenoxy) is 1. The Bertz CT molecular complexity index is 1190. The number of hydrogen-bond acceptors (Lipinski definition) is 4. The molecule has 1 aliphatic heterocycles. The lowest BCUT2D eigenvalue weighted by molar-refractivity contribution is -0.896. The Labute approximate surface area is 195 Å². The summed E-state index contributed by atoms with van der Waals surface area (Å²) in [5.74, 6) is 0.655. The maximum Gasteiger partial charge on any atom is 0.290 e. The lowest BCUT2D eigenvalue weighted by Crippen LogP contribution is -3.11. The van der Waals surface area contributed by atoms with Gasteiger partial charge in [0, 0.05) is 17.4 Å². The fraction of sp³-hybridized carbons (Fsp3) is 0.360. The van der Waals surface area contributed by atoms with Gasteiger partial charge in [0.05, 0.1) is 43.7 Å². The number of methoxy groups -OCH3 is 1. The lowest BCUT2D eigenvalue weighted by atomic mass is 9.98. The number of fused-ring (bicyclic) bond motifs is 2. The van der Waals surface area contributed by atoms with Crippen LogP contribution in [-0.4, -0.2) is 44.1 Å². The normalized spacial score (nSPS) is 15.6. The van der Waals surface area contributed by atoms with Gasteiger partial charge in [0.2, 0.25) is 5.76 Å². The standard InChI is InChI=1S/C25H27BrN2O4/c1-4-27(5-2)13-6-14-28-22(16-7-10-18(31-3)11-8-16)21-23(29)19-15-17(26)9-12-20(19)32-24(21)25(28)30/h7-12,15,22H,4-6,13-14H2,1-3H3/p+1/t22-/m1/s1. The Morgan fingerprint density at radius 1 is 1.09 bits per heavy atom. The number of hydrogen-bond donors (Lipinski definition) is 1. The Hall–Kier alpha value is -2.64. The van der Waals surface area contributed by atoms with Crippen LogP contribution in [0.25, 0.3) is 11.0 Å². The molecule has 0 saturated carbocycles. The lowest BCUT2D eigenvalue weighted by Gasteiger charge is -2.26. The maximum atomic E-state index is 13.6. The van der Waals surface area contributed by atoms with Crippen molar-refractivity contribution >= 4 is 32.8 Å². The summed E-state index contributed by atoms with van der Waals surface area (Å²) in [6.07, 6.45) is 0.850. The van der Waals surface area contributed by atoms with Gasteiger partial charge in [0.25, 0.3) is 5.91 Å². The Morgan fingerprint density at radius 3 is 2.47 bits per heavy atom. The van der Waals surface area contributed by atoms with Crippen molar-refractivity contribution in [1.82, 2.24) is 4.90 Å². The third-order valence-electron chi connectivity index (χ3n) is 6.29. The van der Waals surface area contributed by atoms with E-state index in [0.717, 1.165) is 41.8 Å². The zero-order valence-corrected chi connectivity index (χ0v) is 20.2. The van der Waals surface area contributed by atoms with E-state index in [2.05, 4.69) is 29.8 Å². The number of nitrogens with zero attached hydrogens (tertiary/aromatic N) is 1. The topological polar surface area (TPSA) is 64.2 Å². The first-order chi connectivity index (χ1) is 15.5. The summed E-state index contributed by atoms with van der Waals surface area (Å²) in [6, 6.07) is 12.4. The van der Waals surface area contributed by atoms with Gasteiger partial charge >= 0.3 is 0 Å². The summed E-state index contributed by atoms with van der Waals surface area (Å²) in [6.45, 7) is 7.96. The smallest absolute Gasteiger partial charge is 0.290 e. The number of halogens is 1. The molecule has 6 nitrogen and oxygen atoms in total. The molecule has 0 saturated heterocycles. The molecule has 168 valence electrons. The summed E-state index contributed by atoms with van der Waals surface area (Å²) < 4.78 is 12.1. The average molecular weight is 500 g/mol. The van der Waals surface area contributed by atoms with Crippen LogP contribution >= 0.6 is 15.9 Å². The predicted molar refractivity (Wildman–Crippen MR) is 128 cm³/mol. The van der Waals surface area contributed by atoms with Crippen LogP contribution in [0.1, 0.15) is 48.0 Å². The predicted octanol–water partition coefficient (Wildman–Crippen LogP) is 3.42. The number of nitrogens with one attached hydrogen (secondary N) is 1. The van der Waals surface area contributed by atoms with E-state index < -0.39 is 6.04 Å². The molecule has 0 unspecified atom stereocenters. The number of quaternary nitrogens is 1. The van der Waals surface area contributed by atoms with Crippen LogP contribution < -0.4 is 15.1 Å². The van der Waals surface area contributed by atoms with Gasteiger partial charge in [0.1, 0.15) is 11.3 Å². The summed E-state index contributed by atoms with van der Waals surface area (Å²) in [5, 5.41) is 0.471. The van der Waals surface area contributed by atoms with Gasteiger partial charge in [-0.05, 0) is 49.7 Å². The third kappa shape index (κ3) is 4.07. The molecule has 0 spiro atoms. The van der Waals surface area contributed by atoms with Crippen molar-refractivity contribution in [3.05, 3.63) is 74.0 Å². The molecule has 0 aliphatic carbocycles. The van der Waals surface area contributed by atoms with Crippen molar-refractivity contribution in [2.75, 3.05) is 33.3 Å². The fourth-order valence-electron chi connectivity index (χ4n) is 4.46. The molecule has 2 aromatic carbocycles. The van der Waals surface area contributed by atoms with Crippen LogP contribution in [0, 0.1) is 0 Å². The molecule has 32 heavy (non-hydrogen) atoms. The van der Waals surface area contributed by atoms with Crippen molar-refractivity contribution in [3.8, 4) is 5.75 Å². The summed E-state index contributed by atoms with van der Waals surface area (Å²) in [4.78, 5) is 30.3. The zero-order chi connectivity index (χ0) is 22.8. The molecule has 0 fully saturated rings. The number of amides is 1. The minimum Gasteiger partial charge on any atom is -0.497 e. The largest absolute Gasteiger partial charge is 0.497 e. The van der Waals surface area contributed by atoms with Crippen molar-refractivity contribution in [1.29, 1.82) is 0 Å². The molecular formula is C25H28BrN2O4+. The number of carbonyl (C=O) groups excluding carboxylic acids is 1. The number of benzene rings is 2. The molecule has 1 aromatic heterocycles. The van der Waals surface area contributed by atoms with E-state index in [0.29, 0.717) is 23.1 Å². The number of carbonyl (C=O) groups is 1. The van der Waals surface area contributed by atoms with Crippen molar-refractivity contribution in [2.24, 2.45) is 0 Å². The minimum absolute atomic E-state index is 0.154. The molecule has 2 heterocycles. The van der Waals surface area contributed by atoms with Gasteiger partial charge < -0.3 is 19.0 Å². The second kappa shape index (κ2) is 9.46. The van der Waals surface area contributed by atoms with Gasteiger partial charge in [-0.15, -0.1) is 0 Å². The van der Waals surface area contributed by atoms with Gasteiger partial charge in [0.15, 0.2) is 5.43 Å². The molecule has 0 radical (unpaired) electrons. The highest BCUT2D eigenvalue weighted by atomic mass is 79.9. The van der Waals surface area contributed by atoms with Crippen molar-refractivity contribution in [3.63, 3.8) is 0 Å². The highest BCUT2D eigenvalue weighted by molar-refractivity contribution is 9.10. The van der Waals surface area contributed by atoms with Crippen LogP contribution in [0.3, 0.4) is 0 Å². The van der Waals surface area contributed by atoms with Crippen LogP contribution in [-0.2, 0) is 0 Å². The Kier molecular flexibility index (Phi) is 6.67. The zero-order valence-electron chi connectivity index (χ0n) is 18.6. The maximum absolute atomic E-state index is 13.6. The van der Waals surface area contributed by atoms with E-state index in [-0.39, 0.29) is 17.1 Å². The summed E-state index contributed by atoms with van der Waals surface area (Å²) in [7, 11) is 1.61. The highest BCUT2D eigenvalue weighted by Gasteiger charge is 2.42. The second-order valence-electron chi connectivity index (χ2n) is 8.05. The summed E-state index contributed by atoms with van der Waals surface area (Å²) in [5.41, 5.74) is 1.55. The van der Waals surface area contributed by atoms with E-state index in [1.807, 2.05) is 30.3 Å². The Balaban J connectivity index is 1.79. The van der Waals surface area contributed by atoms with Crippen molar-refractivity contribution in [2.45, 2.75) is 26.3 Å². The first-order valence-electron chi connectivity index (χ1n) is 11.0. The van der Waals surface area contributed by atoms with Crippen LogP contribution in [0.15, 0.2) is 56.1 Å². The minimum atomic E-state index is -0.477. The molecule has 1 amide bonds. The van der Waals surface area contributed by atoms with E-state index in [1.165, 1.54) is 4.90 Å².